The Hall–Kier alpha value is -1.22. The van der Waals surface area contributed by atoms with Gasteiger partial charge in [-0.2, -0.15) is 0 Å². The molecule has 18 heavy (non-hydrogen) atoms. The van der Waals surface area contributed by atoms with Gasteiger partial charge >= 0.3 is 0 Å². The molecule has 0 heterocycles. The van der Waals surface area contributed by atoms with Crippen LogP contribution in [0.2, 0.25) is 5.02 Å². The molecule has 0 saturated carbocycles. The predicted molar refractivity (Wildman–Crippen MR) is 73.0 cm³/mol. The van der Waals surface area contributed by atoms with Crippen molar-refractivity contribution >= 4 is 17.9 Å². The van der Waals surface area contributed by atoms with E-state index in [1.807, 2.05) is 0 Å². The van der Waals surface area contributed by atoms with Crippen molar-refractivity contribution in [3.63, 3.8) is 0 Å². The lowest BCUT2D eigenvalue weighted by Gasteiger charge is -2.20. The van der Waals surface area contributed by atoms with Crippen molar-refractivity contribution in [2.24, 2.45) is 0 Å². The van der Waals surface area contributed by atoms with Gasteiger partial charge in [0.05, 0.1) is 14.2 Å². The summed E-state index contributed by atoms with van der Waals surface area (Å²) in [6.07, 6.45) is 1.97. The zero-order valence-electron chi connectivity index (χ0n) is 11.2. The first kappa shape index (κ1) is 14.8. The van der Waals surface area contributed by atoms with Gasteiger partial charge in [0.15, 0.2) is 11.5 Å². The molecule has 0 saturated heterocycles. The minimum Gasteiger partial charge on any atom is -0.493 e. The van der Waals surface area contributed by atoms with E-state index < -0.39 is 0 Å². The monoisotopic (exact) mass is 270 g/mol. The molecular formula is C14H19ClO3. The van der Waals surface area contributed by atoms with Crippen LogP contribution in [0.3, 0.4) is 0 Å². The van der Waals surface area contributed by atoms with Crippen molar-refractivity contribution in [1.82, 2.24) is 0 Å². The number of benzene rings is 1. The van der Waals surface area contributed by atoms with Crippen LogP contribution >= 0.6 is 11.6 Å². The molecule has 0 bridgehead atoms. The summed E-state index contributed by atoms with van der Waals surface area (Å²) in [7, 11) is 3.20. The molecule has 3 nitrogen and oxygen atoms in total. The van der Waals surface area contributed by atoms with Crippen LogP contribution < -0.4 is 9.47 Å². The number of hydrogen-bond acceptors (Lipinski definition) is 3. The molecular weight excluding hydrogens is 252 g/mol. The lowest BCUT2D eigenvalue weighted by molar-refractivity contribution is -0.107. The number of halogens is 1. The van der Waals surface area contributed by atoms with Crippen molar-refractivity contribution < 1.29 is 14.3 Å². The second-order valence-corrected chi connectivity index (χ2v) is 4.75. The quantitative estimate of drug-likeness (QED) is 0.741. The molecule has 0 unspecified atom stereocenters. The molecule has 100 valence electrons. The summed E-state index contributed by atoms with van der Waals surface area (Å²) < 4.78 is 10.7. The zero-order chi connectivity index (χ0) is 13.7. The van der Waals surface area contributed by atoms with Gasteiger partial charge in [-0.05, 0) is 17.9 Å². The van der Waals surface area contributed by atoms with Crippen LogP contribution in [0, 0.1) is 0 Å². The van der Waals surface area contributed by atoms with E-state index >= 15 is 0 Å². The Morgan fingerprint density at radius 3 is 2.44 bits per heavy atom. The normalized spacial score (nSPS) is 10.6. The smallest absolute Gasteiger partial charge is 0.164 e. The fraction of sp³-hybridized carbons (Fsp3) is 0.500. The Balaban J connectivity index is 3.43. The molecule has 0 amide bonds. The minimum absolute atomic E-state index is 0.245. The van der Waals surface area contributed by atoms with E-state index in [9.17, 15) is 4.79 Å². The van der Waals surface area contributed by atoms with Gasteiger partial charge in [0.1, 0.15) is 6.29 Å². The SMILES string of the molecule is COc1cc(Cl)c(CCC=O)c(C(C)C)c1OC. The lowest BCUT2D eigenvalue weighted by Crippen LogP contribution is -2.04. The van der Waals surface area contributed by atoms with Crippen molar-refractivity contribution in [2.75, 3.05) is 14.2 Å². The molecule has 1 aromatic rings. The van der Waals surface area contributed by atoms with Crippen LogP contribution in [0.4, 0.5) is 0 Å². The highest BCUT2D eigenvalue weighted by molar-refractivity contribution is 6.31. The Kier molecular flexibility index (Phi) is 5.48. The highest BCUT2D eigenvalue weighted by Gasteiger charge is 2.20. The first-order valence-corrected chi connectivity index (χ1v) is 6.31. The number of methoxy groups -OCH3 is 2. The maximum atomic E-state index is 10.5. The Morgan fingerprint density at radius 1 is 1.33 bits per heavy atom. The van der Waals surface area contributed by atoms with Crippen LogP contribution in [0.1, 0.15) is 37.3 Å². The van der Waals surface area contributed by atoms with Gasteiger partial charge in [0.25, 0.3) is 0 Å². The zero-order valence-corrected chi connectivity index (χ0v) is 12.0. The highest BCUT2D eigenvalue weighted by atomic mass is 35.5. The van der Waals surface area contributed by atoms with Gasteiger partial charge in [-0.25, -0.2) is 0 Å². The molecule has 1 aromatic carbocycles. The summed E-state index contributed by atoms with van der Waals surface area (Å²) >= 11 is 6.27. The van der Waals surface area contributed by atoms with Gasteiger partial charge in [-0.3, -0.25) is 0 Å². The first-order chi connectivity index (χ1) is 8.56. The topological polar surface area (TPSA) is 35.5 Å². The third kappa shape index (κ3) is 2.96. The number of carbonyl (C=O) groups is 1. The lowest BCUT2D eigenvalue weighted by atomic mass is 9.93. The van der Waals surface area contributed by atoms with Gasteiger partial charge in [0.2, 0.25) is 0 Å². The summed E-state index contributed by atoms with van der Waals surface area (Å²) in [6, 6.07) is 1.74. The third-order valence-corrected chi connectivity index (χ3v) is 3.19. The maximum absolute atomic E-state index is 10.5. The number of carbonyl (C=O) groups excluding carboxylic acids is 1. The van der Waals surface area contributed by atoms with Crippen LogP contribution in [-0.2, 0) is 11.2 Å². The molecule has 0 aliphatic carbocycles. The maximum Gasteiger partial charge on any atom is 0.164 e. The molecule has 0 fully saturated rings. The average molecular weight is 271 g/mol. The summed E-state index contributed by atoms with van der Waals surface area (Å²) in [5.41, 5.74) is 1.99. The van der Waals surface area contributed by atoms with Crippen molar-refractivity contribution in [3.8, 4) is 11.5 Å². The second kappa shape index (κ2) is 6.64. The minimum atomic E-state index is 0.245. The van der Waals surface area contributed by atoms with Gasteiger partial charge in [0, 0.05) is 23.1 Å². The predicted octanol–water partition coefficient (Wildman–Crippen LogP) is 3.61. The van der Waals surface area contributed by atoms with Crippen LogP contribution in [0.5, 0.6) is 11.5 Å². The molecule has 4 heteroatoms. The summed E-state index contributed by atoms with van der Waals surface area (Å²) in [5, 5.41) is 0.623. The summed E-state index contributed by atoms with van der Waals surface area (Å²) in [5.74, 6) is 1.58. The van der Waals surface area contributed by atoms with Crippen molar-refractivity contribution in [1.29, 1.82) is 0 Å². The Bertz CT molecular complexity index is 428. The van der Waals surface area contributed by atoms with E-state index in [4.69, 9.17) is 21.1 Å². The Morgan fingerprint density at radius 2 is 2.00 bits per heavy atom. The van der Waals surface area contributed by atoms with E-state index in [0.29, 0.717) is 29.4 Å². The molecule has 0 atom stereocenters. The van der Waals surface area contributed by atoms with E-state index in [-0.39, 0.29) is 5.92 Å². The first-order valence-electron chi connectivity index (χ1n) is 5.93. The molecule has 0 aromatic heterocycles. The van der Waals surface area contributed by atoms with Crippen LogP contribution in [0.15, 0.2) is 6.07 Å². The molecule has 1 rings (SSSR count). The number of aldehydes is 1. The van der Waals surface area contributed by atoms with E-state index in [0.717, 1.165) is 17.4 Å². The third-order valence-electron chi connectivity index (χ3n) is 2.85. The molecule has 0 radical (unpaired) electrons. The molecule has 0 spiro atoms. The fourth-order valence-corrected chi connectivity index (χ4v) is 2.39. The number of ether oxygens (including phenoxy) is 2. The summed E-state index contributed by atoms with van der Waals surface area (Å²) in [4.78, 5) is 10.5. The van der Waals surface area contributed by atoms with E-state index in [1.165, 1.54) is 0 Å². The number of hydrogen-bond donors (Lipinski definition) is 0. The molecule has 0 N–H and O–H groups in total. The van der Waals surface area contributed by atoms with Crippen molar-refractivity contribution in [2.45, 2.75) is 32.6 Å². The fourth-order valence-electron chi connectivity index (χ4n) is 2.10. The van der Waals surface area contributed by atoms with E-state index in [1.54, 1.807) is 20.3 Å². The summed E-state index contributed by atoms with van der Waals surface area (Å²) in [6.45, 7) is 4.13. The largest absolute Gasteiger partial charge is 0.493 e. The standard InChI is InChI=1S/C14H19ClO3/c1-9(2)13-10(6-5-7-16)11(15)8-12(17-3)14(13)18-4/h7-9H,5-6H2,1-4H3. The van der Waals surface area contributed by atoms with Gasteiger partial charge in [-0.1, -0.05) is 25.4 Å². The average Bonchev–Trinajstić information content (AvgIpc) is 2.35. The molecule has 0 aliphatic rings. The van der Waals surface area contributed by atoms with Crippen LogP contribution in [-0.4, -0.2) is 20.5 Å². The molecule has 0 aliphatic heterocycles. The highest BCUT2D eigenvalue weighted by Crippen LogP contribution is 2.42. The van der Waals surface area contributed by atoms with Gasteiger partial charge in [-0.15, -0.1) is 0 Å². The van der Waals surface area contributed by atoms with Crippen molar-refractivity contribution in [3.05, 3.63) is 22.2 Å². The Labute approximate surface area is 113 Å². The number of rotatable bonds is 6. The van der Waals surface area contributed by atoms with Crippen LogP contribution in [0.25, 0.3) is 0 Å². The second-order valence-electron chi connectivity index (χ2n) is 4.35. The van der Waals surface area contributed by atoms with Gasteiger partial charge < -0.3 is 14.3 Å². The van der Waals surface area contributed by atoms with E-state index in [2.05, 4.69) is 13.8 Å².